The molecule has 2 nitrogen and oxygen atoms in total. The molecule has 0 unspecified atom stereocenters. The summed E-state index contributed by atoms with van der Waals surface area (Å²) in [6.07, 6.45) is 2.77. The first kappa shape index (κ1) is 12.9. The van der Waals surface area contributed by atoms with Crippen molar-refractivity contribution in [2.24, 2.45) is 5.73 Å². The second-order valence-corrected chi connectivity index (χ2v) is 4.74. The van der Waals surface area contributed by atoms with E-state index in [0.717, 1.165) is 12.0 Å². The number of rotatable bonds is 6. The summed E-state index contributed by atoms with van der Waals surface area (Å²) < 4.78 is 5.51. The van der Waals surface area contributed by atoms with Gasteiger partial charge in [0.25, 0.3) is 0 Å². The Morgan fingerprint density at radius 3 is 2.44 bits per heavy atom. The predicted octanol–water partition coefficient (Wildman–Crippen LogP) is 2.63. The summed E-state index contributed by atoms with van der Waals surface area (Å²) in [5, 5.41) is 0. The SMILES string of the molecule is C=Cc1ccc(CCOCC(C)(C)N)cc1. The maximum Gasteiger partial charge on any atom is 0.0640 e. The maximum absolute atomic E-state index is 5.82. The largest absolute Gasteiger partial charge is 0.379 e. The second-order valence-electron chi connectivity index (χ2n) is 4.74. The van der Waals surface area contributed by atoms with Gasteiger partial charge in [-0.3, -0.25) is 0 Å². The molecule has 0 aliphatic rings. The summed E-state index contributed by atoms with van der Waals surface area (Å²) >= 11 is 0. The molecule has 0 atom stereocenters. The Morgan fingerprint density at radius 1 is 1.31 bits per heavy atom. The van der Waals surface area contributed by atoms with E-state index >= 15 is 0 Å². The van der Waals surface area contributed by atoms with Crippen LogP contribution in [0.4, 0.5) is 0 Å². The van der Waals surface area contributed by atoms with E-state index in [4.69, 9.17) is 10.5 Å². The molecule has 0 spiro atoms. The zero-order chi connectivity index (χ0) is 12.0. The molecule has 2 N–H and O–H groups in total. The van der Waals surface area contributed by atoms with Crippen molar-refractivity contribution >= 4 is 6.08 Å². The van der Waals surface area contributed by atoms with Gasteiger partial charge in [-0.2, -0.15) is 0 Å². The van der Waals surface area contributed by atoms with Crippen LogP contribution in [0.1, 0.15) is 25.0 Å². The quantitative estimate of drug-likeness (QED) is 0.746. The van der Waals surface area contributed by atoms with Crippen LogP contribution in [0.2, 0.25) is 0 Å². The van der Waals surface area contributed by atoms with Gasteiger partial charge in [0.1, 0.15) is 0 Å². The normalized spacial score (nSPS) is 11.4. The number of nitrogens with two attached hydrogens (primary N) is 1. The van der Waals surface area contributed by atoms with Crippen LogP contribution in [0.5, 0.6) is 0 Å². The fourth-order valence-electron chi connectivity index (χ4n) is 1.35. The Kier molecular flexibility index (Phi) is 4.71. The molecule has 0 aliphatic carbocycles. The third-order valence-electron chi connectivity index (χ3n) is 2.22. The highest BCUT2D eigenvalue weighted by molar-refractivity contribution is 5.47. The van der Waals surface area contributed by atoms with Crippen LogP contribution >= 0.6 is 0 Å². The van der Waals surface area contributed by atoms with E-state index in [1.807, 2.05) is 19.9 Å². The lowest BCUT2D eigenvalue weighted by atomic mass is 10.1. The molecule has 0 bridgehead atoms. The fourth-order valence-corrected chi connectivity index (χ4v) is 1.35. The minimum absolute atomic E-state index is 0.243. The molecular formula is C14H21NO. The zero-order valence-electron chi connectivity index (χ0n) is 10.2. The van der Waals surface area contributed by atoms with Gasteiger partial charge >= 0.3 is 0 Å². The molecule has 0 heterocycles. The number of benzene rings is 1. The second kappa shape index (κ2) is 5.83. The van der Waals surface area contributed by atoms with E-state index in [9.17, 15) is 0 Å². The highest BCUT2D eigenvalue weighted by Crippen LogP contribution is 2.06. The molecule has 1 rings (SSSR count). The lowest BCUT2D eigenvalue weighted by molar-refractivity contribution is 0.0997. The van der Waals surface area contributed by atoms with Crippen LogP contribution in [0.15, 0.2) is 30.8 Å². The van der Waals surface area contributed by atoms with Gasteiger partial charge in [-0.25, -0.2) is 0 Å². The van der Waals surface area contributed by atoms with Crippen LogP contribution in [0.25, 0.3) is 6.08 Å². The van der Waals surface area contributed by atoms with Gasteiger partial charge in [-0.1, -0.05) is 36.9 Å². The molecule has 1 aromatic carbocycles. The van der Waals surface area contributed by atoms with Crippen molar-refractivity contribution in [2.45, 2.75) is 25.8 Å². The van der Waals surface area contributed by atoms with Crippen molar-refractivity contribution in [1.29, 1.82) is 0 Å². The number of ether oxygens (including phenoxy) is 1. The molecule has 0 saturated heterocycles. The summed E-state index contributed by atoms with van der Waals surface area (Å²) in [5.41, 5.74) is 8.00. The Hall–Kier alpha value is -1.12. The monoisotopic (exact) mass is 219 g/mol. The highest BCUT2D eigenvalue weighted by Gasteiger charge is 2.09. The van der Waals surface area contributed by atoms with Gasteiger partial charge in [-0.05, 0) is 31.4 Å². The first-order valence-corrected chi connectivity index (χ1v) is 5.59. The van der Waals surface area contributed by atoms with Crippen molar-refractivity contribution in [3.63, 3.8) is 0 Å². The lowest BCUT2D eigenvalue weighted by Gasteiger charge is -2.18. The predicted molar refractivity (Wildman–Crippen MR) is 69.3 cm³/mol. The first-order valence-electron chi connectivity index (χ1n) is 5.59. The summed E-state index contributed by atoms with van der Waals surface area (Å²) in [6.45, 7) is 8.96. The van der Waals surface area contributed by atoms with Gasteiger partial charge in [0.05, 0.1) is 13.2 Å². The van der Waals surface area contributed by atoms with Crippen molar-refractivity contribution in [3.8, 4) is 0 Å². The first-order chi connectivity index (χ1) is 7.51. The average Bonchev–Trinajstić information content (AvgIpc) is 2.24. The smallest absolute Gasteiger partial charge is 0.0640 e. The van der Waals surface area contributed by atoms with E-state index in [0.29, 0.717) is 13.2 Å². The fraction of sp³-hybridized carbons (Fsp3) is 0.429. The molecule has 0 aliphatic heterocycles. The molecule has 88 valence electrons. The van der Waals surface area contributed by atoms with Crippen LogP contribution in [-0.4, -0.2) is 18.8 Å². The van der Waals surface area contributed by atoms with E-state index < -0.39 is 0 Å². The van der Waals surface area contributed by atoms with Crippen molar-refractivity contribution in [1.82, 2.24) is 0 Å². The summed E-state index contributed by atoms with van der Waals surface area (Å²) in [4.78, 5) is 0. The third-order valence-corrected chi connectivity index (χ3v) is 2.22. The third kappa shape index (κ3) is 5.10. The Labute approximate surface area is 98.1 Å². The van der Waals surface area contributed by atoms with E-state index in [1.54, 1.807) is 0 Å². The summed E-state index contributed by atoms with van der Waals surface area (Å²) in [7, 11) is 0. The van der Waals surface area contributed by atoms with Crippen LogP contribution in [-0.2, 0) is 11.2 Å². The van der Waals surface area contributed by atoms with Crippen molar-refractivity contribution in [3.05, 3.63) is 42.0 Å². The molecule has 0 fully saturated rings. The van der Waals surface area contributed by atoms with Crippen LogP contribution in [0.3, 0.4) is 0 Å². The van der Waals surface area contributed by atoms with Gasteiger partial charge < -0.3 is 10.5 Å². The number of hydrogen-bond donors (Lipinski definition) is 1. The summed E-state index contributed by atoms with van der Waals surface area (Å²) in [5.74, 6) is 0. The molecule has 0 saturated carbocycles. The zero-order valence-corrected chi connectivity index (χ0v) is 10.2. The maximum atomic E-state index is 5.82. The van der Waals surface area contributed by atoms with E-state index in [-0.39, 0.29) is 5.54 Å². The van der Waals surface area contributed by atoms with Crippen molar-refractivity contribution in [2.75, 3.05) is 13.2 Å². The van der Waals surface area contributed by atoms with E-state index in [2.05, 4.69) is 30.8 Å². The topological polar surface area (TPSA) is 35.2 Å². The lowest BCUT2D eigenvalue weighted by Crippen LogP contribution is -2.37. The Morgan fingerprint density at radius 2 is 1.94 bits per heavy atom. The molecular weight excluding hydrogens is 198 g/mol. The van der Waals surface area contributed by atoms with Gasteiger partial charge in [0.2, 0.25) is 0 Å². The Balaban J connectivity index is 2.29. The van der Waals surface area contributed by atoms with Gasteiger partial charge in [0, 0.05) is 5.54 Å². The van der Waals surface area contributed by atoms with E-state index in [1.165, 1.54) is 5.56 Å². The number of hydrogen-bond acceptors (Lipinski definition) is 2. The molecule has 2 heteroatoms. The van der Waals surface area contributed by atoms with Crippen LogP contribution in [0, 0.1) is 0 Å². The highest BCUT2D eigenvalue weighted by atomic mass is 16.5. The minimum Gasteiger partial charge on any atom is -0.379 e. The van der Waals surface area contributed by atoms with Crippen molar-refractivity contribution < 1.29 is 4.74 Å². The molecule has 0 radical (unpaired) electrons. The molecule has 16 heavy (non-hydrogen) atoms. The van der Waals surface area contributed by atoms with Gasteiger partial charge in [-0.15, -0.1) is 0 Å². The standard InChI is InChI=1S/C14H21NO/c1-4-12-5-7-13(8-6-12)9-10-16-11-14(2,3)15/h4-8H,1,9-11,15H2,2-3H3. The summed E-state index contributed by atoms with van der Waals surface area (Å²) in [6, 6.07) is 8.34. The Bertz CT molecular complexity index is 322. The molecule has 0 aromatic heterocycles. The minimum atomic E-state index is -0.243. The molecule has 0 amide bonds. The van der Waals surface area contributed by atoms with Crippen LogP contribution < -0.4 is 5.73 Å². The molecule has 1 aromatic rings. The average molecular weight is 219 g/mol. The van der Waals surface area contributed by atoms with Gasteiger partial charge in [0.15, 0.2) is 0 Å².